The van der Waals surface area contributed by atoms with E-state index in [0.717, 1.165) is 4.88 Å². The minimum atomic E-state index is -0.136. The highest BCUT2D eigenvalue weighted by atomic mass is 32.1. The van der Waals surface area contributed by atoms with Crippen molar-refractivity contribution < 1.29 is 4.79 Å². The Morgan fingerprint density at radius 1 is 1.77 bits per heavy atom. The molecule has 0 aromatic carbocycles. The van der Waals surface area contributed by atoms with Gasteiger partial charge in [0, 0.05) is 17.6 Å². The summed E-state index contributed by atoms with van der Waals surface area (Å²) in [6.45, 7) is 4.46. The van der Waals surface area contributed by atoms with Crippen LogP contribution in [0.15, 0.2) is 11.7 Å². The molecule has 0 aliphatic rings. The number of aromatic nitrogens is 1. The number of hydrogen-bond donors (Lipinski definition) is 2. The predicted octanol–water partition coefficient (Wildman–Crippen LogP) is 1.52. The quantitative estimate of drug-likeness (QED) is 0.775. The lowest BCUT2D eigenvalue weighted by Crippen LogP contribution is -2.36. The van der Waals surface area contributed by atoms with Crippen LogP contribution < -0.4 is 10.6 Å². The zero-order valence-corrected chi connectivity index (χ0v) is 8.52. The SMILES string of the molecule is CCNC(=O)N[C@@H](C)c1cncs1. The molecule has 2 N–H and O–H groups in total. The predicted molar refractivity (Wildman–Crippen MR) is 52.7 cm³/mol. The molecule has 1 aromatic rings. The standard InChI is InChI=1S/C8H13N3OS/c1-3-10-8(12)11-6(2)7-4-9-5-13-7/h4-6H,3H2,1-2H3,(H2,10,11,12)/t6-/m0/s1. The molecule has 0 aliphatic carbocycles. The van der Waals surface area contributed by atoms with E-state index in [1.807, 2.05) is 13.8 Å². The van der Waals surface area contributed by atoms with E-state index >= 15 is 0 Å². The number of hydrogen-bond acceptors (Lipinski definition) is 3. The van der Waals surface area contributed by atoms with Crippen molar-refractivity contribution in [1.82, 2.24) is 15.6 Å². The molecule has 5 heteroatoms. The highest BCUT2D eigenvalue weighted by molar-refractivity contribution is 7.09. The minimum Gasteiger partial charge on any atom is -0.338 e. The molecule has 1 rings (SSSR count). The summed E-state index contributed by atoms with van der Waals surface area (Å²) in [7, 11) is 0. The molecule has 0 fully saturated rings. The number of thiazole rings is 1. The van der Waals surface area contributed by atoms with E-state index in [1.54, 1.807) is 11.7 Å². The zero-order valence-electron chi connectivity index (χ0n) is 7.70. The maximum atomic E-state index is 11.1. The van der Waals surface area contributed by atoms with Crippen molar-refractivity contribution in [2.45, 2.75) is 19.9 Å². The Hall–Kier alpha value is -1.10. The van der Waals surface area contributed by atoms with E-state index < -0.39 is 0 Å². The van der Waals surface area contributed by atoms with Gasteiger partial charge in [0.15, 0.2) is 0 Å². The summed E-state index contributed by atoms with van der Waals surface area (Å²) in [4.78, 5) is 16.1. The minimum absolute atomic E-state index is 0.0269. The van der Waals surface area contributed by atoms with Crippen molar-refractivity contribution in [2.24, 2.45) is 0 Å². The first-order valence-corrected chi connectivity index (χ1v) is 5.04. The second kappa shape index (κ2) is 4.81. The molecule has 0 bridgehead atoms. The third kappa shape index (κ3) is 3.02. The Morgan fingerprint density at radius 3 is 3.08 bits per heavy atom. The van der Waals surface area contributed by atoms with Crippen LogP contribution in [0.25, 0.3) is 0 Å². The average Bonchev–Trinajstić information content (AvgIpc) is 2.55. The summed E-state index contributed by atoms with van der Waals surface area (Å²) in [5.74, 6) is 0. The van der Waals surface area contributed by atoms with Gasteiger partial charge in [-0.15, -0.1) is 11.3 Å². The maximum absolute atomic E-state index is 11.1. The van der Waals surface area contributed by atoms with Crippen molar-refractivity contribution in [3.05, 3.63) is 16.6 Å². The number of carbonyl (C=O) groups is 1. The van der Waals surface area contributed by atoms with Crippen molar-refractivity contribution in [2.75, 3.05) is 6.54 Å². The van der Waals surface area contributed by atoms with Crippen molar-refractivity contribution in [3.8, 4) is 0 Å². The number of nitrogens with zero attached hydrogens (tertiary/aromatic N) is 1. The van der Waals surface area contributed by atoms with Crippen LogP contribution in [0.2, 0.25) is 0 Å². The smallest absolute Gasteiger partial charge is 0.315 e. The van der Waals surface area contributed by atoms with Gasteiger partial charge in [-0.3, -0.25) is 4.98 Å². The van der Waals surface area contributed by atoms with E-state index in [0.29, 0.717) is 6.54 Å². The topological polar surface area (TPSA) is 54.0 Å². The summed E-state index contributed by atoms with van der Waals surface area (Å²) in [5.41, 5.74) is 1.76. The van der Waals surface area contributed by atoms with Crippen LogP contribution >= 0.6 is 11.3 Å². The van der Waals surface area contributed by atoms with Crippen LogP contribution in [-0.4, -0.2) is 17.6 Å². The van der Waals surface area contributed by atoms with Gasteiger partial charge in [-0.1, -0.05) is 0 Å². The molecule has 2 amide bonds. The van der Waals surface area contributed by atoms with E-state index in [4.69, 9.17) is 0 Å². The van der Waals surface area contributed by atoms with Gasteiger partial charge in [0.25, 0.3) is 0 Å². The Bertz CT molecular complexity index is 260. The first-order chi connectivity index (χ1) is 6.24. The van der Waals surface area contributed by atoms with Gasteiger partial charge in [0.2, 0.25) is 0 Å². The second-order valence-corrected chi connectivity index (χ2v) is 3.55. The maximum Gasteiger partial charge on any atom is 0.315 e. The van der Waals surface area contributed by atoms with Crippen LogP contribution in [0.5, 0.6) is 0 Å². The summed E-state index contributed by atoms with van der Waals surface area (Å²) >= 11 is 1.54. The fourth-order valence-corrected chi connectivity index (χ4v) is 1.55. The van der Waals surface area contributed by atoms with Gasteiger partial charge in [-0.2, -0.15) is 0 Å². The fraction of sp³-hybridized carbons (Fsp3) is 0.500. The highest BCUT2D eigenvalue weighted by Crippen LogP contribution is 2.15. The summed E-state index contributed by atoms with van der Waals surface area (Å²) in [6, 6.07) is -0.109. The van der Waals surface area contributed by atoms with Crippen LogP contribution in [0.4, 0.5) is 4.79 Å². The number of carbonyl (C=O) groups excluding carboxylic acids is 1. The molecule has 72 valence electrons. The van der Waals surface area contributed by atoms with Gasteiger partial charge < -0.3 is 10.6 Å². The summed E-state index contributed by atoms with van der Waals surface area (Å²) < 4.78 is 0. The van der Waals surface area contributed by atoms with Crippen LogP contribution in [0, 0.1) is 0 Å². The lowest BCUT2D eigenvalue weighted by molar-refractivity contribution is 0.238. The van der Waals surface area contributed by atoms with Gasteiger partial charge in [0.1, 0.15) is 0 Å². The monoisotopic (exact) mass is 199 g/mol. The first-order valence-electron chi connectivity index (χ1n) is 4.16. The van der Waals surface area contributed by atoms with Crippen molar-refractivity contribution >= 4 is 17.4 Å². The highest BCUT2D eigenvalue weighted by Gasteiger charge is 2.09. The van der Waals surface area contributed by atoms with Gasteiger partial charge in [0.05, 0.1) is 11.6 Å². The molecule has 1 atom stereocenters. The van der Waals surface area contributed by atoms with E-state index in [2.05, 4.69) is 15.6 Å². The third-order valence-corrected chi connectivity index (χ3v) is 2.52. The van der Waals surface area contributed by atoms with Gasteiger partial charge in [-0.05, 0) is 13.8 Å². The Kier molecular flexibility index (Phi) is 3.70. The first kappa shape index (κ1) is 9.98. The van der Waals surface area contributed by atoms with Crippen LogP contribution in [0.1, 0.15) is 24.8 Å². The zero-order chi connectivity index (χ0) is 9.68. The molecule has 0 aliphatic heterocycles. The van der Waals surface area contributed by atoms with Crippen molar-refractivity contribution in [3.63, 3.8) is 0 Å². The lowest BCUT2D eigenvalue weighted by Gasteiger charge is -2.11. The molecule has 1 heterocycles. The van der Waals surface area contributed by atoms with E-state index in [9.17, 15) is 4.79 Å². The molecular formula is C8H13N3OS. The van der Waals surface area contributed by atoms with E-state index in [-0.39, 0.29) is 12.1 Å². The Balaban J connectivity index is 2.42. The molecule has 0 unspecified atom stereocenters. The molecule has 0 radical (unpaired) electrons. The largest absolute Gasteiger partial charge is 0.338 e. The Morgan fingerprint density at radius 2 is 2.54 bits per heavy atom. The number of amides is 2. The van der Waals surface area contributed by atoms with Crippen molar-refractivity contribution in [1.29, 1.82) is 0 Å². The van der Waals surface area contributed by atoms with Crippen LogP contribution in [0.3, 0.4) is 0 Å². The third-order valence-electron chi connectivity index (χ3n) is 1.56. The van der Waals surface area contributed by atoms with Gasteiger partial charge in [-0.25, -0.2) is 4.79 Å². The van der Waals surface area contributed by atoms with Crippen LogP contribution in [-0.2, 0) is 0 Å². The Labute approximate surface area is 81.4 Å². The molecule has 1 aromatic heterocycles. The molecule has 0 saturated heterocycles. The summed E-state index contributed by atoms with van der Waals surface area (Å²) in [5, 5.41) is 5.48. The molecule has 13 heavy (non-hydrogen) atoms. The molecule has 0 spiro atoms. The second-order valence-electron chi connectivity index (χ2n) is 2.63. The summed E-state index contributed by atoms with van der Waals surface area (Å²) in [6.07, 6.45) is 1.77. The lowest BCUT2D eigenvalue weighted by atomic mass is 10.3. The normalized spacial score (nSPS) is 12.2. The van der Waals surface area contributed by atoms with Gasteiger partial charge >= 0.3 is 6.03 Å². The molecular weight excluding hydrogens is 186 g/mol. The molecule has 0 saturated carbocycles. The number of nitrogens with one attached hydrogen (secondary N) is 2. The number of urea groups is 1. The number of rotatable bonds is 3. The van der Waals surface area contributed by atoms with E-state index in [1.165, 1.54) is 11.3 Å². The molecule has 4 nitrogen and oxygen atoms in total. The average molecular weight is 199 g/mol. The fourth-order valence-electron chi connectivity index (χ4n) is 0.919.